The number of benzene rings is 2. The second kappa shape index (κ2) is 4.95. The van der Waals surface area contributed by atoms with Crippen LogP contribution in [0.3, 0.4) is 0 Å². The van der Waals surface area contributed by atoms with E-state index in [1.165, 1.54) is 20.1 Å². The number of ether oxygens (including phenoxy) is 1. The molecule has 0 heterocycles. The Bertz CT molecular complexity index is 928. The summed E-state index contributed by atoms with van der Waals surface area (Å²) in [7, 11) is -7.61. The van der Waals surface area contributed by atoms with E-state index in [2.05, 4.69) is 0 Å². The summed E-state index contributed by atoms with van der Waals surface area (Å²) < 4.78 is 68.3. The Morgan fingerprint density at radius 2 is 1.57 bits per heavy atom. The van der Waals surface area contributed by atoms with Crippen LogP contribution in [0.2, 0.25) is 0 Å². The lowest BCUT2D eigenvalue weighted by atomic mass is 10.1. The van der Waals surface area contributed by atoms with Gasteiger partial charge in [-0.05, 0) is 36.1 Å². The third kappa shape index (κ3) is 3.00. The van der Waals surface area contributed by atoms with Crippen molar-refractivity contribution in [3.05, 3.63) is 29.8 Å². The summed E-state index contributed by atoms with van der Waals surface area (Å²) in [6.45, 7) is 1.48. The number of hydrogen-bond acceptors (Lipinski definition) is 5. The van der Waals surface area contributed by atoms with Crippen molar-refractivity contribution in [2.75, 3.05) is 7.11 Å². The topological polar surface area (TPSA) is 118 Å². The molecule has 0 atom stereocenters. The molecule has 0 saturated carbocycles. The van der Waals surface area contributed by atoms with Crippen LogP contribution in [0.4, 0.5) is 0 Å². The van der Waals surface area contributed by atoms with Gasteiger partial charge in [-0.15, -0.1) is 0 Å². The molecule has 114 valence electrons. The fraction of sp³-hybridized carbons (Fsp3) is 0.167. The SMILES string of the molecule is COc1cc(S(=O)(=O)O)cc2cc(S(=O)(=O)O)c(C)cc12. The minimum absolute atomic E-state index is 0.158. The molecule has 2 N–H and O–H groups in total. The van der Waals surface area contributed by atoms with Gasteiger partial charge in [0.15, 0.2) is 0 Å². The molecular formula is C12H12O7S2. The average Bonchev–Trinajstić information content (AvgIpc) is 2.34. The van der Waals surface area contributed by atoms with Gasteiger partial charge in [0.25, 0.3) is 20.2 Å². The number of hydrogen-bond donors (Lipinski definition) is 2. The predicted molar refractivity (Wildman–Crippen MR) is 74.9 cm³/mol. The largest absolute Gasteiger partial charge is 0.496 e. The second-order valence-corrected chi connectivity index (χ2v) is 7.23. The first-order chi connectivity index (χ1) is 9.54. The molecule has 2 aromatic rings. The third-order valence-electron chi connectivity index (χ3n) is 2.98. The first kappa shape index (κ1) is 15.7. The van der Waals surface area contributed by atoms with Crippen LogP contribution in [0, 0.1) is 6.92 Å². The monoisotopic (exact) mass is 332 g/mol. The van der Waals surface area contributed by atoms with Crippen molar-refractivity contribution < 1.29 is 30.7 Å². The highest BCUT2D eigenvalue weighted by Crippen LogP contribution is 2.32. The normalized spacial score (nSPS) is 12.6. The Hall–Kier alpha value is -1.68. The van der Waals surface area contributed by atoms with Crippen molar-refractivity contribution in [1.29, 1.82) is 0 Å². The first-order valence-electron chi connectivity index (χ1n) is 5.61. The van der Waals surface area contributed by atoms with Crippen molar-refractivity contribution in [2.24, 2.45) is 0 Å². The highest BCUT2D eigenvalue weighted by Gasteiger charge is 2.18. The fourth-order valence-electron chi connectivity index (χ4n) is 2.03. The van der Waals surface area contributed by atoms with Crippen LogP contribution >= 0.6 is 0 Å². The van der Waals surface area contributed by atoms with E-state index >= 15 is 0 Å². The molecular weight excluding hydrogens is 320 g/mol. The molecule has 21 heavy (non-hydrogen) atoms. The van der Waals surface area contributed by atoms with Gasteiger partial charge in [0.05, 0.1) is 16.9 Å². The van der Waals surface area contributed by atoms with Crippen molar-refractivity contribution in [2.45, 2.75) is 16.7 Å². The molecule has 2 aromatic carbocycles. The standard InChI is InChI=1S/C12H12O7S2/c1-7-3-10-8(5-12(7)21(16,17)18)4-9(20(13,14)15)6-11(10)19-2/h3-6H,1-2H3,(H,13,14,15)(H,16,17,18). The lowest BCUT2D eigenvalue weighted by Gasteiger charge is -2.11. The van der Waals surface area contributed by atoms with E-state index in [1.54, 1.807) is 0 Å². The van der Waals surface area contributed by atoms with Crippen molar-refractivity contribution in [1.82, 2.24) is 0 Å². The zero-order valence-corrected chi connectivity index (χ0v) is 12.7. The summed E-state index contributed by atoms with van der Waals surface area (Å²) in [6, 6.07) is 4.80. The van der Waals surface area contributed by atoms with Crippen LogP contribution in [-0.4, -0.2) is 33.1 Å². The lowest BCUT2D eigenvalue weighted by molar-refractivity contribution is 0.417. The molecule has 0 fully saturated rings. The maximum absolute atomic E-state index is 11.3. The molecule has 0 aromatic heterocycles. The van der Waals surface area contributed by atoms with Gasteiger partial charge in [-0.25, -0.2) is 0 Å². The van der Waals surface area contributed by atoms with Crippen LogP contribution in [0.5, 0.6) is 5.75 Å². The Balaban J connectivity index is 2.95. The van der Waals surface area contributed by atoms with E-state index in [4.69, 9.17) is 13.8 Å². The molecule has 2 rings (SSSR count). The van der Waals surface area contributed by atoms with E-state index in [0.717, 1.165) is 18.2 Å². The van der Waals surface area contributed by atoms with Crippen molar-refractivity contribution >= 4 is 31.0 Å². The molecule has 0 saturated heterocycles. The minimum Gasteiger partial charge on any atom is -0.496 e. The Morgan fingerprint density at radius 3 is 2.05 bits per heavy atom. The molecule has 0 amide bonds. The van der Waals surface area contributed by atoms with Crippen LogP contribution < -0.4 is 4.74 Å². The predicted octanol–water partition coefficient (Wildman–Crippen LogP) is 1.65. The molecule has 0 bridgehead atoms. The fourth-order valence-corrected chi connectivity index (χ4v) is 3.31. The zero-order chi connectivity index (χ0) is 16.0. The lowest BCUT2D eigenvalue weighted by Crippen LogP contribution is -2.03. The molecule has 0 aliphatic heterocycles. The molecule has 0 aliphatic rings. The molecule has 0 radical (unpaired) electrons. The molecule has 0 spiro atoms. The second-order valence-electron chi connectivity index (χ2n) is 4.41. The highest BCUT2D eigenvalue weighted by atomic mass is 32.2. The highest BCUT2D eigenvalue weighted by molar-refractivity contribution is 7.86. The first-order valence-corrected chi connectivity index (χ1v) is 8.49. The van der Waals surface area contributed by atoms with E-state index in [9.17, 15) is 16.8 Å². The number of methoxy groups -OCH3 is 1. The van der Waals surface area contributed by atoms with Crippen LogP contribution in [0.1, 0.15) is 5.56 Å². The molecule has 0 unspecified atom stereocenters. The average molecular weight is 332 g/mol. The van der Waals surface area contributed by atoms with E-state index in [1.807, 2.05) is 0 Å². The number of aryl methyl sites for hydroxylation is 1. The number of rotatable bonds is 3. The summed E-state index contributed by atoms with van der Waals surface area (Å²) in [4.78, 5) is -0.776. The minimum atomic E-state index is -4.48. The molecule has 7 nitrogen and oxygen atoms in total. The summed E-state index contributed by atoms with van der Waals surface area (Å²) in [5.74, 6) is 0.158. The Labute approximate surface area is 121 Å². The van der Waals surface area contributed by atoms with E-state index < -0.39 is 25.1 Å². The van der Waals surface area contributed by atoms with Crippen LogP contribution in [-0.2, 0) is 20.2 Å². The summed E-state index contributed by atoms with van der Waals surface area (Å²) in [5.41, 5.74) is 0.280. The maximum atomic E-state index is 11.3. The van der Waals surface area contributed by atoms with Crippen molar-refractivity contribution in [3.8, 4) is 5.75 Å². The smallest absolute Gasteiger partial charge is 0.294 e. The van der Waals surface area contributed by atoms with Gasteiger partial charge in [-0.2, -0.15) is 16.8 Å². The summed E-state index contributed by atoms with van der Waals surface area (Å²) in [6.07, 6.45) is 0. The van der Waals surface area contributed by atoms with Gasteiger partial charge in [0.2, 0.25) is 0 Å². The van der Waals surface area contributed by atoms with Gasteiger partial charge < -0.3 is 4.74 Å². The number of fused-ring (bicyclic) bond motifs is 1. The Kier molecular flexibility index (Phi) is 3.70. The van der Waals surface area contributed by atoms with E-state index in [-0.39, 0.29) is 21.6 Å². The van der Waals surface area contributed by atoms with Crippen LogP contribution in [0.15, 0.2) is 34.1 Å². The van der Waals surface area contributed by atoms with Gasteiger partial charge >= 0.3 is 0 Å². The molecule has 0 aliphatic carbocycles. The van der Waals surface area contributed by atoms with Gasteiger partial charge in [-0.3, -0.25) is 9.11 Å². The van der Waals surface area contributed by atoms with Gasteiger partial charge in [0.1, 0.15) is 5.75 Å². The van der Waals surface area contributed by atoms with E-state index in [0.29, 0.717) is 5.39 Å². The Morgan fingerprint density at radius 1 is 0.952 bits per heavy atom. The van der Waals surface area contributed by atoms with Crippen LogP contribution in [0.25, 0.3) is 10.8 Å². The quantitative estimate of drug-likeness (QED) is 0.820. The maximum Gasteiger partial charge on any atom is 0.294 e. The van der Waals surface area contributed by atoms with Crippen molar-refractivity contribution in [3.63, 3.8) is 0 Å². The molecule has 9 heteroatoms. The summed E-state index contributed by atoms with van der Waals surface area (Å²) in [5, 5.41) is 0.648. The van der Waals surface area contributed by atoms with Gasteiger partial charge in [-0.1, -0.05) is 0 Å². The zero-order valence-electron chi connectivity index (χ0n) is 11.1. The summed E-state index contributed by atoms with van der Waals surface area (Å²) >= 11 is 0. The third-order valence-corrected chi connectivity index (χ3v) is 4.81. The van der Waals surface area contributed by atoms with Gasteiger partial charge in [0, 0.05) is 11.5 Å².